The van der Waals surface area contributed by atoms with Crippen LogP contribution >= 0.6 is 0 Å². The molecule has 5 rings (SSSR count). The van der Waals surface area contributed by atoms with E-state index >= 15 is 0 Å². The first-order chi connectivity index (χ1) is 15.2. The molecule has 2 fully saturated rings. The molecule has 164 valence electrons. The third kappa shape index (κ3) is 3.56. The van der Waals surface area contributed by atoms with Crippen LogP contribution in [0.4, 0.5) is 5.82 Å². The number of hydrogen-bond acceptors (Lipinski definition) is 7. The summed E-state index contributed by atoms with van der Waals surface area (Å²) < 4.78 is 12.9. The van der Waals surface area contributed by atoms with Crippen molar-refractivity contribution in [3.05, 3.63) is 40.1 Å². The van der Waals surface area contributed by atoms with E-state index in [1.807, 2.05) is 7.05 Å². The summed E-state index contributed by atoms with van der Waals surface area (Å²) in [5.74, 6) is 1.88. The summed E-state index contributed by atoms with van der Waals surface area (Å²) in [4.78, 5) is 26.8. The number of nitrogens with zero attached hydrogens (tertiary/aromatic N) is 5. The van der Waals surface area contributed by atoms with Gasteiger partial charge in [-0.2, -0.15) is 10.1 Å². The Morgan fingerprint density at radius 1 is 1.16 bits per heavy atom. The highest BCUT2D eigenvalue weighted by Gasteiger charge is 2.34. The van der Waals surface area contributed by atoms with Crippen LogP contribution in [0, 0.1) is 0 Å². The number of aromatic nitrogens is 5. The van der Waals surface area contributed by atoms with Crippen LogP contribution in [0.1, 0.15) is 48.8 Å². The zero-order valence-corrected chi connectivity index (χ0v) is 18.0. The molecule has 0 aromatic carbocycles. The average Bonchev–Trinajstić information content (AvgIpc) is 3.17. The molecule has 1 aliphatic carbocycles. The summed E-state index contributed by atoms with van der Waals surface area (Å²) in [6.07, 6.45) is 5.66. The second kappa shape index (κ2) is 8.30. The molecule has 31 heavy (non-hydrogen) atoms. The van der Waals surface area contributed by atoms with Crippen molar-refractivity contribution in [1.82, 2.24) is 24.7 Å². The Kier molecular flexibility index (Phi) is 5.35. The summed E-state index contributed by atoms with van der Waals surface area (Å²) in [5.41, 5.74) is 2.40. The van der Waals surface area contributed by atoms with Crippen LogP contribution in [-0.2, 0) is 11.8 Å². The number of rotatable bonds is 4. The highest BCUT2D eigenvalue weighted by Crippen LogP contribution is 2.47. The Labute approximate surface area is 180 Å². The van der Waals surface area contributed by atoms with E-state index in [4.69, 9.17) is 19.6 Å². The Morgan fingerprint density at radius 3 is 2.71 bits per heavy atom. The van der Waals surface area contributed by atoms with E-state index in [2.05, 4.69) is 27.0 Å². The molecule has 1 saturated heterocycles. The molecule has 9 heteroatoms. The van der Waals surface area contributed by atoms with Crippen molar-refractivity contribution in [2.24, 2.45) is 7.05 Å². The Bertz CT molecular complexity index is 1130. The maximum absolute atomic E-state index is 12.6. The molecular weight excluding hydrogens is 396 g/mol. The van der Waals surface area contributed by atoms with Crippen molar-refractivity contribution < 1.29 is 9.47 Å². The van der Waals surface area contributed by atoms with Crippen molar-refractivity contribution in [2.45, 2.75) is 37.5 Å². The number of pyridine rings is 1. The molecule has 1 N–H and O–H groups in total. The van der Waals surface area contributed by atoms with Crippen LogP contribution in [0.25, 0.3) is 11.0 Å². The van der Waals surface area contributed by atoms with E-state index in [1.165, 1.54) is 6.33 Å². The van der Waals surface area contributed by atoms with Crippen LogP contribution in [0.5, 0.6) is 5.88 Å². The number of anilines is 1. The molecule has 2 aliphatic rings. The molecule has 0 amide bonds. The molecule has 0 radical (unpaired) electrons. The van der Waals surface area contributed by atoms with Crippen molar-refractivity contribution in [3.63, 3.8) is 0 Å². The lowest BCUT2D eigenvalue weighted by Crippen LogP contribution is -2.36. The number of aryl methyl sites for hydroxylation is 1. The zero-order valence-electron chi connectivity index (χ0n) is 18.0. The average molecular weight is 425 g/mol. The Morgan fingerprint density at radius 2 is 1.94 bits per heavy atom. The van der Waals surface area contributed by atoms with Gasteiger partial charge in [-0.1, -0.05) is 12.8 Å². The van der Waals surface area contributed by atoms with Crippen LogP contribution in [0.15, 0.2) is 23.3 Å². The molecule has 3 aromatic heterocycles. The van der Waals surface area contributed by atoms with Gasteiger partial charge in [-0.3, -0.25) is 4.79 Å². The molecule has 0 bridgehead atoms. The van der Waals surface area contributed by atoms with Gasteiger partial charge < -0.3 is 19.4 Å². The van der Waals surface area contributed by atoms with E-state index in [-0.39, 0.29) is 17.4 Å². The maximum Gasteiger partial charge on any atom is 0.262 e. The summed E-state index contributed by atoms with van der Waals surface area (Å²) >= 11 is 0. The smallest absolute Gasteiger partial charge is 0.262 e. The minimum atomic E-state index is -0.134. The van der Waals surface area contributed by atoms with E-state index in [9.17, 15) is 4.79 Å². The normalized spacial score (nSPS) is 22.1. The lowest BCUT2D eigenvalue weighted by molar-refractivity contribution is 0.122. The molecule has 1 saturated carbocycles. The van der Waals surface area contributed by atoms with Gasteiger partial charge in [0.1, 0.15) is 11.2 Å². The van der Waals surface area contributed by atoms with E-state index in [0.717, 1.165) is 55.8 Å². The fraction of sp³-hybridized carbons (Fsp3) is 0.545. The molecule has 9 nitrogen and oxygen atoms in total. The predicted molar refractivity (Wildman–Crippen MR) is 117 cm³/mol. The van der Waals surface area contributed by atoms with Gasteiger partial charge in [-0.15, -0.1) is 0 Å². The van der Waals surface area contributed by atoms with Gasteiger partial charge in [-0.25, -0.2) is 9.67 Å². The Balaban J connectivity index is 1.55. The summed E-state index contributed by atoms with van der Waals surface area (Å²) in [6, 6.07) is 4.23. The van der Waals surface area contributed by atoms with Crippen LogP contribution in [-0.4, -0.2) is 58.1 Å². The van der Waals surface area contributed by atoms with E-state index in [1.54, 1.807) is 11.8 Å². The Hall–Kier alpha value is -2.94. The van der Waals surface area contributed by atoms with Gasteiger partial charge in [0.25, 0.3) is 5.56 Å². The molecule has 3 aromatic rings. The molecular formula is C22H28N6O3. The quantitative estimate of drug-likeness (QED) is 0.686. The SMILES string of the molecule is COc1nc(N2CCOCC2)ccc1C1CCCCC1c1nn(C)c2nc[nH]c(=O)c12. The third-order valence-corrected chi connectivity index (χ3v) is 6.57. The lowest BCUT2D eigenvalue weighted by atomic mass is 9.73. The molecule has 0 spiro atoms. The summed E-state index contributed by atoms with van der Waals surface area (Å²) in [6.45, 7) is 3.09. The number of morpholine rings is 1. The fourth-order valence-corrected chi connectivity index (χ4v) is 5.07. The fourth-order valence-electron chi connectivity index (χ4n) is 5.07. The van der Waals surface area contributed by atoms with Crippen LogP contribution in [0.2, 0.25) is 0 Å². The zero-order chi connectivity index (χ0) is 21.4. The first-order valence-corrected chi connectivity index (χ1v) is 10.9. The number of H-pyrrole nitrogens is 1. The van der Waals surface area contributed by atoms with Gasteiger partial charge in [0.15, 0.2) is 5.65 Å². The second-order valence-corrected chi connectivity index (χ2v) is 8.30. The second-order valence-electron chi connectivity index (χ2n) is 8.30. The van der Waals surface area contributed by atoms with Gasteiger partial charge in [-0.05, 0) is 30.9 Å². The first kappa shape index (κ1) is 20.0. The third-order valence-electron chi connectivity index (χ3n) is 6.57. The van der Waals surface area contributed by atoms with Gasteiger partial charge >= 0.3 is 0 Å². The van der Waals surface area contributed by atoms with Gasteiger partial charge in [0, 0.05) is 31.6 Å². The lowest BCUT2D eigenvalue weighted by Gasteiger charge is -2.32. The van der Waals surface area contributed by atoms with Crippen molar-refractivity contribution in [2.75, 3.05) is 38.3 Å². The molecule has 4 heterocycles. The van der Waals surface area contributed by atoms with Gasteiger partial charge in [0.05, 0.1) is 32.3 Å². The number of methoxy groups -OCH3 is 1. The molecule has 2 unspecified atom stereocenters. The number of hydrogen-bond donors (Lipinski definition) is 1. The predicted octanol–water partition coefficient (Wildman–Crippen LogP) is 2.34. The van der Waals surface area contributed by atoms with Crippen molar-refractivity contribution >= 4 is 16.9 Å². The van der Waals surface area contributed by atoms with E-state index in [0.29, 0.717) is 30.1 Å². The van der Waals surface area contributed by atoms with Crippen LogP contribution in [0.3, 0.4) is 0 Å². The monoisotopic (exact) mass is 424 g/mol. The number of ether oxygens (including phenoxy) is 2. The van der Waals surface area contributed by atoms with Crippen molar-refractivity contribution in [1.29, 1.82) is 0 Å². The highest BCUT2D eigenvalue weighted by atomic mass is 16.5. The van der Waals surface area contributed by atoms with E-state index < -0.39 is 0 Å². The minimum Gasteiger partial charge on any atom is -0.481 e. The minimum absolute atomic E-state index is 0.118. The summed E-state index contributed by atoms with van der Waals surface area (Å²) in [7, 11) is 3.52. The maximum atomic E-state index is 12.6. The summed E-state index contributed by atoms with van der Waals surface area (Å²) in [5, 5.41) is 5.34. The van der Waals surface area contributed by atoms with Crippen molar-refractivity contribution in [3.8, 4) is 5.88 Å². The standard InChI is InChI=1S/C22H28N6O3/c1-27-20-18(21(29)24-13-23-20)19(26-27)15-6-4-3-5-14(15)16-7-8-17(25-22(16)30-2)28-9-11-31-12-10-28/h7-8,13-15H,3-6,9-12H2,1-2H3,(H,23,24,29). The largest absolute Gasteiger partial charge is 0.481 e. The van der Waals surface area contributed by atoms with Crippen LogP contribution < -0.4 is 15.2 Å². The molecule has 2 atom stereocenters. The molecule has 1 aliphatic heterocycles. The first-order valence-electron chi connectivity index (χ1n) is 10.9. The number of fused-ring (bicyclic) bond motifs is 1. The number of nitrogens with one attached hydrogen (secondary N) is 1. The topological polar surface area (TPSA) is 98.2 Å². The van der Waals surface area contributed by atoms with Gasteiger partial charge in [0.2, 0.25) is 5.88 Å². The number of aromatic amines is 1. The highest BCUT2D eigenvalue weighted by molar-refractivity contribution is 5.77.